The summed E-state index contributed by atoms with van der Waals surface area (Å²) in [5.41, 5.74) is 0.544. The third kappa shape index (κ3) is 5.45. The summed E-state index contributed by atoms with van der Waals surface area (Å²) in [6.07, 6.45) is -0.126. The van der Waals surface area contributed by atoms with Gasteiger partial charge in [0.15, 0.2) is 0 Å². The molecule has 0 amide bonds. The van der Waals surface area contributed by atoms with Crippen LogP contribution in [0.3, 0.4) is 0 Å². The van der Waals surface area contributed by atoms with Crippen molar-refractivity contribution in [2.24, 2.45) is 0 Å². The number of benzene rings is 1. The van der Waals surface area contributed by atoms with Crippen molar-refractivity contribution in [3.63, 3.8) is 0 Å². The summed E-state index contributed by atoms with van der Waals surface area (Å²) in [6.45, 7) is 5.69. The van der Waals surface area contributed by atoms with E-state index in [9.17, 15) is 4.79 Å². The van der Waals surface area contributed by atoms with Gasteiger partial charge in [0.05, 0.1) is 10.9 Å². The number of fused-ring (bicyclic) bond motifs is 1. The molecule has 0 aliphatic heterocycles. The molecule has 0 spiro atoms. The molecular weight excluding hydrogens is 336 g/mol. The lowest BCUT2D eigenvalue weighted by atomic mass is 10.2. The summed E-state index contributed by atoms with van der Waals surface area (Å²) in [4.78, 5) is 27.7. The van der Waals surface area contributed by atoms with Gasteiger partial charge in [0.2, 0.25) is 5.16 Å². The number of hydrogen-bond donors (Lipinski definition) is 0. The van der Waals surface area contributed by atoms with Gasteiger partial charge in [0, 0.05) is 18.3 Å². The van der Waals surface area contributed by atoms with Gasteiger partial charge in [-0.1, -0.05) is 30.8 Å². The highest BCUT2D eigenvalue weighted by Gasteiger charge is 2.18. The summed E-state index contributed by atoms with van der Waals surface area (Å²) >= 11 is 1.56. The van der Waals surface area contributed by atoms with Crippen molar-refractivity contribution in [2.75, 3.05) is 41.3 Å². The minimum atomic E-state index is -0.157. The van der Waals surface area contributed by atoms with E-state index in [-0.39, 0.29) is 16.9 Å². The molecule has 0 N–H and O–H groups in total. The van der Waals surface area contributed by atoms with Crippen molar-refractivity contribution in [1.29, 1.82) is 0 Å². The Bertz CT molecular complexity index is 760. The molecule has 0 saturated carbocycles. The minimum absolute atomic E-state index is 0.126. The molecule has 6 nitrogen and oxygen atoms in total. The van der Waals surface area contributed by atoms with Crippen molar-refractivity contribution in [3.8, 4) is 0 Å². The molecule has 1 aromatic carbocycles. The summed E-state index contributed by atoms with van der Waals surface area (Å²) in [5, 5.41) is 1.45. The number of thioether (sulfide) groups is 1. The molecule has 0 aliphatic rings. The lowest BCUT2D eigenvalue weighted by molar-refractivity contribution is 0.0115. The Hall–Kier alpha value is -1.57. The number of para-hydroxylation sites is 1. The zero-order chi connectivity index (χ0) is 18.6. The molecule has 1 aromatic heterocycles. The predicted molar refractivity (Wildman–Crippen MR) is 104 cm³/mol. The maximum Gasteiger partial charge on any atom is 0.295 e. The highest BCUT2D eigenvalue weighted by molar-refractivity contribution is 7.99. The molecule has 2 rings (SSSR count). The van der Waals surface area contributed by atoms with E-state index >= 15 is 0 Å². The van der Waals surface area contributed by atoms with Crippen molar-refractivity contribution in [2.45, 2.75) is 30.4 Å². The lowest BCUT2D eigenvalue weighted by Gasteiger charge is -2.22. The Kier molecular flexibility index (Phi) is 6.87. The van der Waals surface area contributed by atoms with Crippen molar-refractivity contribution >= 4 is 22.7 Å². The average molecular weight is 365 g/mol. The standard InChI is InChI=1S/C18H28N4O2S/c1-13(11-20(3)4)24-22-17(23)15-9-7-8-10-16(15)19-18(22)25-14(2)12-21(5)6/h7-10,13-14H,11-12H2,1-6H3/t13-,14+/m1/s1. The number of likely N-dealkylation sites (N-methyl/N-ethyl adjacent to an activating group) is 1. The first-order valence-electron chi connectivity index (χ1n) is 8.43. The highest BCUT2D eigenvalue weighted by atomic mass is 32.2. The molecule has 0 unspecified atom stereocenters. The van der Waals surface area contributed by atoms with Gasteiger partial charge in [-0.25, -0.2) is 4.98 Å². The van der Waals surface area contributed by atoms with E-state index in [0.29, 0.717) is 16.1 Å². The summed E-state index contributed by atoms with van der Waals surface area (Å²) in [5.74, 6) is 0. The molecule has 0 aliphatic carbocycles. The average Bonchev–Trinajstić information content (AvgIpc) is 2.49. The van der Waals surface area contributed by atoms with E-state index in [1.807, 2.05) is 58.2 Å². The monoisotopic (exact) mass is 364 g/mol. The molecule has 2 aromatic rings. The Morgan fingerprint density at radius 3 is 2.40 bits per heavy atom. The zero-order valence-corrected chi connectivity index (χ0v) is 16.7. The van der Waals surface area contributed by atoms with E-state index in [4.69, 9.17) is 4.84 Å². The summed E-state index contributed by atoms with van der Waals surface area (Å²) in [6, 6.07) is 7.40. The molecule has 7 heteroatoms. The van der Waals surface area contributed by atoms with Crippen molar-refractivity contribution in [1.82, 2.24) is 19.5 Å². The molecule has 25 heavy (non-hydrogen) atoms. The first-order valence-corrected chi connectivity index (χ1v) is 9.31. The van der Waals surface area contributed by atoms with E-state index in [2.05, 4.69) is 16.8 Å². The number of hydrogen-bond acceptors (Lipinski definition) is 6. The Balaban J connectivity index is 2.42. The van der Waals surface area contributed by atoms with Crippen LogP contribution in [0.15, 0.2) is 34.2 Å². The molecule has 2 atom stereocenters. The first-order chi connectivity index (χ1) is 11.8. The topological polar surface area (TPSA) is 50.6 Å². The third-order valence-electron chi connectivity index (χ3n) is 3.55. The summed E-state index contributed by atoms with van der Waals surface area (Å²) < 4.78 is 1.37. The zero-order valence-electron chi connectivity index (χ0n) is 15.9. The molecule has 0 fully saturated rings. The fourth-order valence-electron chi connectivity index (χ4n) is 2.72. The summed E-state index contributed by atoms with van der Waals surface area (Å²) in [7, 11) is 8.04. The van der Waals surface area contributed by atoms with Gasteiger partial charge >= 0.3 is 0 Å². The van der Waals surface area contributed by atoms with Crippen LogP contribution < -0.4 is 10.4 Å². The van der Waals surface area contributed by atoms with Gasteiger partial charge in [0.25, 0.3) is 5.56 Å². The second kappa shape index (κ2) is 8.69. The molecule has 0 bridgehead atoms. The van der Waals surface area contributed by atoms with Crippen LogP contribution in [0.2, 0.25) is 0 Å². The van der Waals surface area contributed by atoms with Crippen LogP contribution in [-0.2, 0) is 0 Å². The Morgan fingerprint density at radius 1 is 1.12 bits per heavy atom. The van der Waals surface area contributed by atoms with Gasteiger partial charge in [-0.15, -0.1) is 4.73 Å². The van der Waals surface area contributed by atoms with E-state index in [1.165, 1.54) is 4.73 Å². The van der Waals surface area contributed by atoms with Crippen LogP contribution in [0, 0.1) is 0 Å². The number of rotatable bonds is 8. The highest BCUT2D eigenvalue weighted by Crippen LogP contribution is 2.22. The van der Waals surface area contributed by atoms with Crippen LogP contribution in [0.25, 0.3) is 10.9 Å². The predicted octanol–water partition coefficient (Wildman–Crippen LogP) is 1.82. The Morgan fingerprint density at radius 2 is 1.76 bits per heavy atom. The van der Waals surface area contributed by atoms with Gasteiger partial charge in [0.1, 0.15) is 6.10 Å². The smallest absolute Gasteiger partial charge is 0.295 e. The second-order valence-corrected chi connectivity index (χ2v) is 8.29. The van der Waals surface area contributed by atoms with Gasteiger partial charge < -0.3 is 14.6 Å². The maximum atomic E-state index is 12.9. The van der Waals surface area contributed by atoms with E-state index in [1.54, 1.807) is 17.8 Å². The largest absolute Gasteiger partial charge is 0.404 e. The first kappa shape index (κ1) is 19.8. The second-order valence-electron chi connectivity index (χ2n) is 6.88. The van der Waals surface area contributed by atoms with Crippen LogP contribution in [0.1, 0.15) is 13.8 Å². The molecule has 0 radical (unpaired) electrons. The Labute approximate surface area is 153 Å². The number of nitrogens with zero attached hydrogens (tertiary/aromatic N) is 4. The molecule has 138 valence electrons. The minimum Gasteiger partial charge on any atom is -0.404 e. The molecule has 1 heterocycles. The maximum absolute atomic E-state index is 12.9. The van der Waals surface area contributed by atoms with Gasteiger partial charge in [-0.2, -0.15) is 0 Å². The van der Waals surface area contributed by atoms with Crippen LogP contribution >= 0.6 is 11.8 Å². The van der Waals surface area contributed by atoms with Crippen LogP contribution in [-0.4, -0.2) is 72.1 Å². The fourth-order valence-corrected chi connectivity index (χ4v) is 3.83. The van der Waals surface area contributed by atoms with E-state index in [0.717, 1.165) is 13.1 Å². The molecule has 0 saturated heterocycles. The lowest BCUT2D eigenvalue weighted by Crippen LogP contribution is -2.39. The van der Waals surface area contributed by atoms with Crippen molar-refractivity contribution < 1.29 is 4.84 Å². The normalized spacial score (nSPS) is 14.2. The SMILES string of the molecule is C[C@H](CN(C)C)On1c(S[C@@H](C)CN(C)C)nc2ccccc2c1=O. The number of aromatic nitrogens is 2. The van der Waals surface area contributed by atoms with E-state index < -0.39 is 0 Å². The van der Waals surface area contributed by atoms with Crippen LogP contribution in [0.5, 0.6) is 0 Å². The third-order valence-corrected chi connectivity index (χ3v) is 4.56. The van der Waals surface area contributed by atoms with Crippen molar-refractivity contribution in [3.05, 3.63) is 34.6 Å². The van der Waals surface area contributed by atoms with Crippen LogP contribution in [0.4, 0.5) is 0 Å². The molecular formula is C18H28N4O2S. The van der Waals surface area contributed by atoms with Gasteiger partial charge in [-0.3, -0.25) is 4.79 Å². The quantitative estimate of drug-likeness (QED) is 0.526. The van der Waals surface area contributed by atoms with Gasteiger partial charge in [-0.05, 0) is 47.2 Å². The fraction of sp³-hybridized carbons (Fsp3) is 0.556.